The Kier molecular flexibility index (Phi) is 4.11. The number of nitrogens with zero attached hydrogens (tertiary/aromatic N) is 2. The van der Waals surface area contributed by atoms with E-state index in [9.17, 15) is 4.79 Å². The van der Waals surface area contributed by atoms with E-state index in [0.29, 0.717) is 19.4 Å². The molecule has 4 rings (SSSR count). The number of nitrogens with one attached hydrogen (secondary N) is 2. The van der Waals surface area contributed by atoms with Crippen LogP contribution in [0.3, 0.4) is 0 Å². The first-order chi connectivity index (χ1) is 11.2. The predicted molar refractivity (Wildman–Crippen MR) is 86.0 cm³/mol. The van der Waals surface area contributed by atoms with E-state index in [1.807, 2.05) is 0 Å². The molecule has 3 aliphatic rings. The second-order valence-electron chi connectivity index (χ2n) is 7.20. The molecule has 6 heteroatoms. The second kappa shape index (κ2) is 6.24. The van der Waals surface area contributed by atoms with Gasteiger partial charge in [0.15, 0.2) is 0 Å². The fraction of sp³-hybridized carbons (Fsp3) is 0.765. The first-order valence-electron chi connectivity index (χ1n) is 8.92. The minimum Gasteiger partial charge on any atom is -0.373 e. The molecular weight excluding hydrogens is 292 g/mol. The van der Waals surface area contributed by atoms with Crippen LogP contribution >= 0.6 is 0 Å². The van der Waals surface area contributed by atoms with Crippen LogP contribution in [0.1, 0.15) is 49.9 Å². The van der Waals surface area contributed by atoms with Crippen LogP contribution in [0.5, 0.6) is 0 Å². The van der Waals surface area contributed by atoms with Crippen molar-refractivity contribution in [2.75, 3.05) is 13.2 Å². The maximum atomic E-state index is 12.2. The number of rotatable bonds is 4. The molecule has 0 bridgehead atoms. The van der Waals surface area contributed by atoms with Crippen molar-refractivity contribution in [3.8, 4) is 0 Å². The van der Waals surface area contributed by atoms with Crippen molar-refractivity contribution in [3.63, 3.8) is 0 Å². The first-order valence-corrected chi connectivity index (χ1v) is 8.92. The number of aryl methyl sites for hydroxylation is 1. The summed E-state index contributed by atoms with van der Waals surface area (Å²) in [6, 6.07) is 2.31. The van der Waals surface area contributed by atoms with Crippen molar-refractivity contribution in [1.29, 1.82) is 0 Å². The fourth-order valence-corrected chi connectivity index (χ4v) is 4.22. The lowest BCUT2D eigenvalue weighted by Gasteiger charge is -2.21. The molecule has 0 unspecified atom stereocenters. The zero-order valence-corrected chi connectivity index (χ0v) is 13.6. The summed E-state index contributed by atoms with van der Waals surface area (Å²) < 4.78 is 8.05. The number of aromatic nitrogens is 2. The number of amides is 1. The van der Waals surface area contributed by atoms with Crippen molar-refractivity contribution in [2.45, 2.75) is 69.7 Å². The average Bonchev–Trinajstić information content (AvgIpc) is 3.26. The van der Waals surface area contributed by atoms with Gasteiger partial charge in [-0.25, -0.2) is 0 Å². The largest absolute Gasteiger partial charge is 0.373 e. The highest BCUT2D eigenvalue weighted by molar-refractivity contribution is 5.76. The van der Waals surface area contributed by atoms with Crippen LogP contribution in [0.25, 0.3) is 0 Å². The van der Waals surface area contributed by atoms with Gasteiger partial charge >= 0.3 is 0 Å². The Hall–Kier alpha value is -1.40. The van der Waals surface area contributed by atoms with Gasteiger partial charge < -0.3 is 15.4 Å². The SMILES string of the molecule is O=C(CCc1cc2n(n1)CCNC2)N[C@H]1COC2(CCCC2)C1. The zero-order chi connectivity index (χ0) is 15.7. The Bertz CT molecular complexity index is 554. The second-order valence-corrected chi connectivity index (χ2v) is 7.20. The maximum Gasteiger partial charge on any atom is 0.220 e. The number of hydrogen-bond donors (Lipinski definition) is 2. The van der Waals surface area contributed by atoms with Gasteiger partial charge in [-0.3, -0.25) is 9.48 Å². The van der Waals surface area contributed by atoms with Crippen LogP contribution in [-0.2, 0) is 29.0 Å². The van der Waals surface area contributed by atoms with Gasteiger partial charge in [0.05, 0.1) is 36.2 Å². The molecule has 1 atom stereocenters. The average molecular weight is 318 g/mol. The first kappa shape index (κ1) is 15.1. The summed E-state index contributed by atoms with van der Waals surface area (Å²) >= 11 is 0. The van der Waals surface area contributed by atoms with E-state index >= 15 is 0 Å². The molecule has 3 heterocycles. The van der Waals surface area contributed by atoms with Crippen molar-refractivity contribution in [2.24, 2.45) is 0 Å². The van der Waals surface area contributed by atoms with E-state index in [2.05, 4.69) is 26.5 Å². The molecule has 0 radical (unpaired) electrons. The van der Waals surface area contributed by atoms with Crippen molar-refractivity contribution in [3.05, 3.63) is 17.5 Å². The minimum absolute atomic E-state index is 0.0773. The molecule has 1 saturated heterocycles. The Labute approximate surface area is 137 Å². The van der Waals surface area contributed by atoms with E-state index in [4.69, 9.17) is 4.74 Å². The molecule has 1 aromatic heterocycles. The van der Waals surface area contributed by atoms with Gasteiger partial charge in [0.1, 0.15) is 0 Å². The highest BCUT2D eigenvalue weighted by Gasteiger charge is 2.42. The normalized spacial score (nSPS) is 25.7. The zero-order valence-electron chi connectivity index (χ0n) is 13.6. The number of hydrogen-bond acceptors (Lipinski definition) is 4. The van der Waals surface area contributed by atoms with Crippen LogP contribution in [-0.4, -0.2) is 40.5 Å². The lowest BCUT2D eigenvalue weighted by Crippen LogP contribution is -2.36. The van der Waals surface area contributed by atoms with Gasteiger partial charge in [0.2, 0.25) is 5.91 Å². The molecule has 126 valence electrons. The van der Waals surface area contributed by atoms with Crippen molar-refractivity contribution < 1.29 is 9.53 Å². The van der Waals surface area contributed by atoms with Gasteiger partial charge in [-0.2, -0.15) is 5.10 Å². The third-order valence-electron chi connectivity index (χ3n) is 5.42. The molecule has 6 nitrogen and oxygen atoms in total. The minimum atomic E-state index is 0.0773. The van der Waals surface area contributed by atoms with Gasteiger partial charge in [0, 0.05) is 25.9 Å². The summed E-state index contributed by atoms with van der Waals surface area (Å²) in [5.74, 6) is 0.123. The highest BCUT2D eigenvalue weighted by atomic mass is 16.5. The van der Waals surface area contributed by atoms with Crippen LogP contribution in [0.2, 0.25) is 0 Å². The van der Waals surface area contributed by atoms with Crippen LogP contribution in [0, 0.1) is 0 Å². The Morgan fingerprint density at radius 2 is 2.35 bits per heavy atom. The Morgan fingerprint density at radius 1 is 1.48 bits per heavy atom. The molecule has 2 aliphatic heterocycles. The maximum absolute atomic E-state index is 12.2. The monoisotopic (exact) mass is 318 g/mol. The van der Waals surface area contributed by atoms with Gasteiger partial charge in [-0.15, -0.1) is 0 Å². The third-order valence-corrected chi connectivity index (χ3v) is 5.42. The van der Waals surface area contributed by atoms with E-state index < -0.39 is 0 Å². The Balaban J connectivity index is 1.25. The quantitative estimate of drug-likeness (QED) is 0.873. The molecule has 1 aliphatic carbocycles. The number of fused-ring (bicyclic) bond motifs is 1. The molecule has 0 aromatic carbocycles. The highest BCUT2D eigenvalue weighted by Crippen LogP contribution is 2.40. The van der Waals surface area contributed by atoms with Gasteiger partial charge in [0.25, 0.3) is 0 Å². The molecule has 1 saturated carbocycles. The number of carbonyl (C=O) groups excluding carboxylic acids is 1. The Morgan fingerprint density at radius 3 is 3.17 bits per heavy atom. The summed E-state index contributed by atoms with van der Waals surface area (Å²) in [7, 11) is 0. The van der Waals surface area contributed by atoms with Crippen LogP contribution in [0.4, 0.5) is 0 Å². The topological polar surface area (TPSA) is 68.2 Å². The molecule has 1 aromatic rings. The molecule has 2 fully saturated rings. The summed E-state index contributed by atoms with van der Waals surface area (Å²) in [4.78, 5) is 12.2. The number of carbonyl (C=O) groups is 1. The van der Waals surface area contributed by atoms with Crippen molar-refractivity contribution >= 4 is 5.91 Å². The summed E-state index contributed by atoms with van der Waals surface area (Å²) in [6.07, 6.45) is 7.06. The predicted octanol–water partition coefficient (Wildman–Crippen LogP) is 1.14. The molecule has 1 amide bonds. The molecule has 23 heavy (non-hydrogen) atoms. The lowest BCUT2D eigenvalue weighted by molar-refractivity contribution is -0.121. The molecular formula is C17H26N4O2. The van der Waals surface area contributed by atoms with E-state index in [1.54, 1.807) is 0 Å². The van der Waals surface area contributed by atoms with Gasteiger partial charge in [-0.05, 0) is 25.3 Å². The van der Waals surface area contributed by atoms with E-state index in [0.717, 1.165) is 44.6 Å². The summed E-state index contributed by atoms with van der Waals surface area (Å²) in [6.45, 7) is 3.44. The molecule has 2 N–H and O–H groups in total. The van der Waals surface area contributed by atoms with Crippen LogP contribution < -0.4 is 10.6 Å². The van der Waals surface area contributed by atoms with Crippen molar-refractivity contribution in [1.82, 2.24) is 20.4 Å². The van der Waals surface area contributed by atoms with Gasteiger partial charge in [-0.1, -0.05) is 12.8 Å². The standard InChI is InChI=1S/C17H26N4O2/c22-16(19-14-10-17(23-12-14)5-1-2-6-17)4-3-13-9-15-11-18-7-8-21(15)20-13/h9,14,18H,1-8,10-12H2,(H,19,22)/t14-/m1/s1. The van der Waals surface area contributed by atoms with E-state index in [-0.39, 0.29) is 17.6 Å². The summed E-state index contributed by atoms with van der Waals surface area (Å²) in [5.41, 5.74) is 2.32. The fourth-order valence-electron chi connectivity index (χ4n) is 4.22. The van der Waals surface area contributed by atoms with Crippen LogP contribution in [0.15, 0.2) is 6.07 Å². The van der Waals surface area contributed by atoms with E-state index in [1.165, 1.54) is 18.5 Å². The smallest absolute Gasteiger partial charge is 0.220 e. The number of ether oxygens (including phenoxy) is 1. The summed E-state index contributed by atoms with van der Waals surface area (Å²) in [5, 5.41) is 11.1. The third kappa shape index (κ3) is 3.28. The molecule has 1 spiro atoms. The lowest BCUT2D eigenvalue weighted by atomic mass is 9.96.